The highest BCUT2D eigenvalue weighted by Crippen LogP contribution is 2.49. The zero-order valence-electron chi connectivity index (χ0n) is 11.1. The molecule has 2 atom stereocenters. The molecule has 0 saturated carbocycles. The highest BCUT2D eigenvalue weighted by atomic mass is 16.6. The van der Waals surface area contributed by atoms with Gasteiger partial charge in [0.1, 0.15) is 12.4 Å². The lowest BCUT2D eigenvalue weighted by atomic mass is 9.73. The lowest BCUT2D eigenvalue weighted by Crippen LogP contribution is -2.52. The first-order valence-electron chi connectivity index (χ1n) is 6.35. The molecule has 3 rings (SSSR count). The van der Waals surface area contributed by atoms with E-state index in [9.17, 15) is 9.59 Å². The van der Waals surface area contributed by atoms with Crippen molar-refractivity contribution in [2.24, 2.45) is 5.41 Å². The van der Waals surface area contributed by atoms with Crippen molar-refractivity contribution in [3.05, 3.63) is 54.6 Å². The first kappa shape index (κ1) is 12.7. The van der Waals surface area contributed by atoms with E-state index in [4.69, 9.17) is 9.47 Å². The minimum absolute atomic E-state index is 0.0942. The smallest absolute Gasteiger partial charge is 0.359 e. The molecule has 4 nitrogen and oxygen atoms in total. The minimum atomic E-state index is -1.63. The van der Waals surface area contributed by atoms with Gasteiger partial charge in [-0.2, -0.15) is 0 Å². The number of hydrogen-bond donors (Lipinski definition) is 0. The van der Waals surface area contributed by atoms with Gasteiger partial charge in [-0.25, -0.2) is 4.79 Å². The summed E-state index contributed by atoms with van der Waals surface area (Å²) in [6.45, 7) is 5.55. The molecule has 0 aromatic heterocycles. The van der Waals surface area contributed by atoms with Crippen LogP contribution in [0.5, 0.6) is 0 Å². The molecule has 1 spiro atoms. The standard InChI is InChI=1S/C16H14O4/c1-3-15(2)10-19-14(18)16(15)13(17)9-12(20-16)11-7-5-4-6-8-11/h3-9H,1,10H2,2H3/t15-,16-/m0/s1. The van der Waals surface area contributed by atoms with Crippen molar-refractivity contribution >= 4 is 17.5 Å². The molecule has 0 N–H and O–H groups in total. The molecule has 1 aromatic rings. The largest absolute Gasteiger partial charge is 0.465 e. The molecule has 1 aromatic carbocycles. The van der Waals surface area contributed by atoms with Crippen LogP contribution >= 0.6 is 0 Å². The maximum Gasteiger partial charge on any atom is 0.359 e. The van der Waals surface area contributed by atoms with Crippen molar-refractivity contribution in [1.82, 2.24) is 0 Å². The fourth-order valence-corrected chi connectivity index (χ4v) is 2.60. The molecule has 0 radical (unpaired) electrons. The van der Waals surface area contributed by atoms with Crippen LogP contribution in [0.4, 0.5) is 0 Å². The number of ketones is 1. The van der Waals surface area contributed by atoms with E-state index >= 15 is 0 Å². The second kappa shape index (κ2) is 4.07. The summed E-state index contributed by atoms with van der Waals surface area (Å²) < 4.78 is 10.9. The first-order valence-corrected chi connectivity index (χ1v) is 6.35. The summed E-state index contributed by atoms with van der Waals surface area (Å²) in [5.74, 6) is -0.643. The van der Waals surface area contributed by atoms with E-state index in [1.807, 2.05) is 30.3 Å². The molecule has 4 heteroatoms. The molecule has 0 bridgehead atoms. The topological polar surface area (TPSA) is 52.6 Å². The van der Waals surface area contributed by atoms with Crippen LogP contribution in [0, 0.1) is 5.41 Å². The van der Waals surface area contributed by atoms with Gasteiger partial charge in [-0.3, -0.25) is 4.79 Å². The van der Waals surface area contributed by atoms with Gasteiger partial charge < -0.3 is 9.47 Å². The Morgan fingerprint density at radius 2 is 1.95 bits per heavy atom. The van der Waals surface area contributed by atoms with Gasteiger partial charge in [0.15, 0.2) is 0 Å². The fraction of sp³-hybridized carbons (Fsp3) is 0.250. The third-order valence-electron chi connectivity index (χ3n) is 3.98. The van der Waals surface area contributed by atoms with E-state index in [1.54, 1.807) is 13.0 Å². The predicted molar refractivity (Wildman–Crippen MR) is 72.5 cm³/mol. The molecule has 2 aliphatic rings. The molecule has 0 unspecified atom stereocenters. The zero-order chi connectivity index (χ0) is 14.4. The van der Waals surface area contributed by atoms with Crippen molar-refractivity contribution in [3.63, 3.8) is 0 Å². The normalized spacial score (nSPS) is 31.9. The van der Waals surface area contributed by atoms with Crippen LogP contribution in [-0.2, 0) is 19.1 Å². The summed E-state index contributed by atoms with van der Waals surface area (Å²) in [4.78, 5) is 24.5. The highest BCUT2D eigenvalue weighted by molar-refractivity contribution is 6.19. The van der Waals surface area contributed by atoms with Gasteiger partial charge in [0.25, 0.3) is 5.60 Å². The third kappa shape index (κ3) is 1.42. The number of ether oxygens (including phenoxy) is 2. The molecule has 0 aliphatic carbocycles. The number of carbonyl (C=O) groups excluding carboxylic acids is 2. The van der Waals surface area contributed by atoms with E-state index in [2.05, 4.69) is 6.58 Å². The Bertz CT molecular complexity index is 631. The van der Waals surface area contributed by atoms with Crippen LogP contribution in [0.2, 0.25) is 0 Å². The van der Waals surface area contributed by atoms with Crippen molar-refractivity contribution in [2.45, 2.75) is 12.5 Å². The Balaban J connectivity index is 2.05. The summed E-state index contributed by atoms with van der Waals surface area (Å²) in [6, 6.07) is 9.20. The molecule has 1 saturated heterocycles. The number of cyclic esters (lactones) is 1. The lowest BCUT2D eigenvalue weighted by Gasteiger charge is -2.31. The molecule has 2 aliphatic heterocycles. The Morgan fingerprint density at radius 1 is 1.25 bits per heavy atom. The Morgan fingerprint density at radius 3 is 2.60 bits per heavy atom. The average Bonchev–Trinajstić information content (AvgIpc) is 2.95. The second-order valence-electron chi connectivity index (χ2n) is 5.22. The molecule has 2 heterocycles. The Hall–Kier alpha value is -2.36. The van der Waals surface area contributed by atoms with Crippen molar-refractivity contribution in [1.29, 1.82) is 0 Å². The molecule has 102 valence electrons. The SMILES string of the molecule is C=C[C@@]1(C)COC(=O)[C@]12OC(c1ccccc1)=CC2=O. The maximum absolute atomic E-state index is 12.4. The number of rotatable bonds is 2. The number of carbonyl (C=O) groups is 2. The number of hydrogen-bond acceptors (Lipinski definition) is 4. The van der Waals surface area contributed by atoms with Crippen LogP contribution in [0.15, 0.2) is 49.1 Å². The summed E-state index contributed by atoms with van der Waals surface area (Å²) in [5.41, 5.74) is -1.74. The molecule has 0 amide bonds. The maximum atomic E-state index is 12.4. The average molecular weight is 270 g/mol. The quantitative estimate of drug-likeness (QED) is 0.469. The molecule has 20 heavy (non-hydrogen) atoms. The van der Waals surface area contributed by atoms with Gasteiger partial charge in [0.05, 0.1) is 5.41 Å². The zero-order valence-corrected chi connectivity index (χ0v) is 11.1. The van der Waals surface area contributed by atoms with E-state index in [0.717, 1.165) is 5.56 Å². The van der Waals surface area contributed by atoms with Gasteiger partial charge in [0, 0.05) is 11.6 Å². The van der Waals surface area contributed by atoms with Crippen LogP contribution < -0.4 is 0 Å². The Kier molecular flexibility index (Phi) is 2.57. The van der Waals surface area contributed by atoms with Crippen LogP contribution in [-0.4, -0.2) is 24.0 Å². The summed E-state index contributed by atoms with van der Waals surface area (Å²) in [7, 11) is 0. The molecular formula is C16H14O4. The minimum Gasteiger partial charge on any atom is -0.465 e. The van der Waals surface area contributed by atoms with Gasteiger partial charge in [-0.05, 0) is 6.92 Å². The van der Waals surface area contributed by atoms with Crippen molar-refractivity contribution in [2.75, 3.05) is 6.61 Å². The Labute approximate surface area is 116 Å². The lowest BCUT2D eigenvalue weighted by molar-refractivity contribution is -0.158. The van der Waals surface area contributed by atoms with Crippen molar-refractivity contribution < 1.29 is 19.1 Å². The van der Waals surface area contributed by atoms with E-state index < -0.39 is 17.0 Å². The van der Waals surface area contributed by atoms with Gasteiger partial charge in [-0.1, -0.05) is 36.4 Å². The van der Waals surface area contributed by atoms with E-state index in [-0.39, 0.29) is 12.4 Å². The van der Waals surface area contributed by atoms with Gasteiger partial charge in [-0.15, -0.1) is 6.58 Å². The van der Waals surface area contributed by atoms with Crippen LogP contribution in [0.25, 0.3) is 5.76 Å². The van der Waals surface area contributed by atoms with Crippen LogP contribution in [0.1, 0.15) is 12.5 Å². The van der Waals surface area contributed by atoms with E-state index in [0.29, 0.717) is 5.76 Å². The molecular weight excluding hydrogens is 256 g/mol. The summed E-state index contributed by atoms with van der Waals surface area (Å²) >= 11 is 0. The fourth-order valence-electron chi connectivity index (χ4n) is 2.60. The third-order valence-corrected chi connectivity index (χ3v) is 3.98. The van der Waals surface area contributed by atoms with E-state index in [1.165, 1.54) is 6.08 Å². The van der Waals surface area contributed by atoms with Crippen molar-refractivity contribution in [3.8, 4) is 0 Å². The first-order chi connectivity index (χ1) is 9.53. The summed E-state index contributed by atoms with van der Waals surface area (Å²) in [5, 5.41) is 0. The number of esters is 1. The monoisotopic (exact) mass is 270 g/mol. The second-order valence-corrected chi connectivity index (χ2v) is 5.22. The summed E-state index contributed by atoms with van der Waals surface area (Å²) in [6.07, 6.45) is 2.92. The predicted octanol–water partition coefficient (Wildman–Crippen LogP) is 2.11. The van der Waals surface area contributed by atoms with Gasteiger partial charge in [0.2, 0.25) is 5.78 Å². The highest BCUT2D eigenvalue weighted by Gasteiger charge is 2.68. The number of benzene rings is 1. The van der Waals surface area contributed by atoms with Gasteiger partial charge >= 0.3 is 5.97 Å². The van der Waals surface area contributed by atoms with Crippen LogP contribution in [0.3, 0.4) is 0 Å². The molecule has 1 fully saturated rings.